The number of carbonyl (C=O) groups is 1. The van der Waals surface area contributed by atoms with Gasteiger partial charge < -0.3 is 19.4 Å². The molecule has 1 atom stereocenters. The van der Waals surface area contributed by atoms with Crippen LogP contribution in [-0.4, -0.2) is 29.3 Å². The second kappa shape index (κ2) is 13.8. The Morgan fingerprint density at radius 3 is 2.00 bits per heavy atom. The summed E-state index contributed by atoms with van der Waals surface area (Å²) in [5.74, 6) is -0.717. The summed E-state index contributed by atoms with van der Waals surface area (Å²) in [5, 5.41) is 13.1. The molecule has 2 aromatic carbocycles. The Labute approximate surface area is 276 Å². The number of aryl methyl sites for hydroxylation is 2. The number of hydrogen-bond acceptors (Lipinski definition) is 5. The first-order valence-corrected chi connectivity index (χ1v) is 16.0. The highest BCUT2D eigenvalue weighted by molar-refractivity contribution is 5.67. The molecule has 49 heavy (non-hydrogen) atoms. The minimum Gasteiger partial charge on any atom is -0.481 e. The minimum absolute atomic E-state index is 0.0293. The fourth-order valence-electron chi connectivity index (χ4n) is 7.14. The third kappa shape index (κ3) is 8.64. The summed E-state index contributed by atoms with van der Waals surface area (Å²) < 4.78 is 131. The number of carboxylic acids is 1. The first-order valence-electron chi connectivity index (χ1n) is 16.0. The number of rotatable bonds is 8. The van der Waals surface area contributed by atoms with Crippen molar-refractivity contribution >= 4 is 17.5 Å². The summed E-state index contributed by atoms with van der Waals surface area (Å²) >= 11 is 0. The smallest absolute Gasteiger partial charge is 0.416 e. The summed E-state index contributed by atoms with van der Waals surface area (Å²) in [6, 6.07) is 4.46. The maximum absolute atomic E-state index is 14.2. The quantitative estimate of drug-likeness (QED) is 0.236. The van der Waals surface area contributed by atoms with Crippen LogP contribution in [0.5, 0.6) is 0 Å². The molecule has 0 unspecified atom stereocenters. The topological polar surface area (TPSA) is 69.8 Å². The van der Waals surface area contributed by atoms with E-state index >= 15 is 0 Å². The molecule has 1 N–H and O–H groups in total. The van der Waals surface area contributed by atoms with Crippen molar-refractivity contribution in [3.8, 4) is 0 Å². The molecule has 1 fully saturated rings. The van der Waals surface area contributed by atoms with Crippen LogP contribution in [0.1, 0.15) is 90.1 Å². The lowest BCUT2D eigenvalue weighted by Gasteiger charge is -2.36. The minimum atomic E-state index is -5.07. The van der Waals surface area contributed by atoms with Crippen LogP contribution in [0.3, 0.4) is 0 Å². The molecule has 2 aliphatic rings. The third-order valence-corrected chi connectivity index (χ3v) is 9.47. The molecule has 6 nitrogen and oxygen atoms in total. The van der Waals surface area contributed by atoms with Gasteiger partial charge in [-0.1, -0.05) is 11.2 Å². The van der Waals surface area contributed by atoms with Crippen LogP contribution in [0.25, 0.3) is 0 Å². The van der Waals surface area contributed by atoms with Crippen LogP contribution in [0.2, 0.25) is 0 Å². The predicted octanol–water partition coefficient (Wildman–Crippen LogP) is 9.98. The fraction of sp³-hybridized carbons (Fsp3) is 0.529. The van der Waals surface area contributed by atoms with Crippen molar-refractivity contribution < 1.29 is 53.9 Å². The molecule has 1 aliphatic heterocycles. The van der Waals surface area contributed by atoms with Crippen LogP contribution in [-0.2, 0) is 29.9 Å². The van der Waals surface area contributed by atoms with Crippen LogP contribution in [0.15, 0.2) is 40.9 Å². The summed E-state index contributed by atoms with van der Waals surface area (Å²) in [6.45, 7) is 3.17. The Morgan fingerprint density at radius 2 is 1.47 bits per heavy atom. The molecule has 0 radical (unpaired) electrons. The predicted molar refractivity (Wildman–Crippen MR) is 162 cm³/mol. The molecule has 1 aliphatic carbocycles. The summed E-state index contributed by atoms with van der Waals surface area (Å²) in [5.41, 5.74) is -3.13. The molecular formula is C34H36F9N3O3. The van der Waals surface area contributed by atoms with Crippen molar-refractivity contribution in [3.63, 3.8) is 0 Å². The van der Waals surface area contributed by atoms with E-state index < -0.39 is 53.8 Å². The van der Waals surface area contributed by atoms with Gasteiger partial charge in [0.25, 0.3) is 0 Å². The summed E-state index contributed by atoms with van der Waals surface area (Å²) in [6.07, 6.45) is -11.3. The van der Waals surface area contributed by atoms with E-state index in [0.717, 1.165) is 6.07 Å². The van der Waals surface area contributed by atoms with E-state index in [4.69, 9.17) is 4.52 Å². The van der Waals surface area contributed by atoms with Gasteiger partial charge in [0.15, 0.2) is 0 Å². The molecule has 5 rings (SSSR count). The Balaban J connectivity index is 1.58. The number of halogens is 9. The van der Waals surface area contributed by atoms with E-state index in [1.807, 2.05) is 4.90 Å². The number of aromatic nitrogens is 1. The van der Waals surface area contributed by atoms with Gasteiger partial charge in [0.2, 0.25) is 5.88 Å². The Bertz CT molecular complexity index is 1610. The first-order chi connectivity index (χ1) is 22.8. The van der Waals surface area contributed by atoms with Crippen LogP contribution >= 0.6 is 0 Å². The van der Waals surface area contributed by atoms with E-state index in [9.17, 15) is 49.4 Å². The molecule has 3 aromatic rings. The summed E-state index contributed by atoms with van der Waals surface area (Å²) in [4.78, 5) is 14.5. The van der Waals surface area contributed by atoms with Crippen molar-refractivity contribution in [1.29, 1.82) is 0 Å². The molecule has 268 valence electrons. The largest absolute Gasteiger partial charge is 0.481 e. The number of fused-ring (bicyclic) bond motifs is 1. The Hall–Kier alpha value is -3.91. The molecule has 0 amide bonds. The zero-order valence-electron chi connectivity index (χ0n) is 26.8. The SMILES string of the molecule is Cc1cc(N(Cc2cc(C(F)(F)F)cc(C(F)(F)F)c2)[C@H]2CCCN(CC3CCC(CC(=O)O)CC3)c3cc(C(F)(F)F)c(C)cc32)on1. The van der Waals surface area contributed by atoms with E-state index in [0.29, 0.717) is 75.0 Å². The maximum atomic E-state index is 14.2. The van der Waals surface area contributed by atoms with Crippen LogP contribution < -0.4 is 9.80 Å². The number of hydrogen-bond donors (Lipinski definition) is 1. The van der Waals surface area contributed by atoms with E-state index in [2.05, 4.69) is 5.16 Å². The number of nitrogens with zero attached hydrogens (tertiary/aromatic N) is 3. The number of alkyl halides is 9. The molecule has 2 heterocycles. The molecule has 0 saturated heterocycles. The van der Waals surface area contributed by atoms with Crippen LogP contribution in [0.4, 0.5) is 51.1 Å². The molecule has 0 spiro atoms. The van der Waals surface area contributed by atoms with E-state index in [1.54, 1.807) is 6.92 Å². The standard InChI is InChI=1S/C34H36F9N3O3/c1-19-10-26-28(46(30-11-20(2)44-49-30)18-23-12-24(32(35,36)37)15-25(13-23)33(38,39)40)4-3-9-45(29(26)16-27(19)34(41,42)43)17-22-7-5-21(6-8-22)14-31(47)48/h10-13,15-16,21-22,28H,3-9,14,17-18H2,1-2H3,(H,47,48)/t21?,22?,28-/m0/s1. The number of anilines is 2. The van der Waals surface area contributed by atoms with Crippen molar-refractivity contribution in [2.45, 2.75) is 89.9 Å². The molecule has 15 heteroatoms. The highest BCUT2D eigenvalue weighted by Crippen LogP contribution is 2.46. The van der Waals surface area contributed by atoms with Gasteiger partial charge in [0, 0.05) is 37.8 Å². The monoisotopic (exact) mass is 705 g/mol. The van der Waals surface area contributed by atoms with E-state index in [1.165, 1.54) is 24.0 Å². The van der Waals surface area contributed by atoms with E-state index in [-0.39, 0.29) is 47.0 Å². The molecule has 1 saturated carbocycles. The van der Waals surface area contributed by atoms with Gasteiger partial charge >= 0.3 is 24.5 Å². The third-order valence-electron chi connectivity index (χ3n) is 9.47. The maximum Gasteiger partial charge on any atom is 0.416 e. The fourth-order valence-corrected chi connectivity index (χ4v) is 7.14. The number of carboxylic acid groups (broad SMARTS) is 1. The van der Waals surface area contributed by atoms with Gasteiger partial charge in [-0.2, -0.15) is 39.5 Å². The van der Waals surface area contributed by atoms with Crippen molar-refractivity contribution in [3.05, 3.63) is 75.5 Å². The van der Waals surface area contributed by atoms with Gasteiger partial charge in [-0.25, -0.2) is 0 Å². The molecule has 0 bridgehead atoms. The normalized spacial score (nSPS) is 20.6. The van der Waals surface area contributed by atoms with Crippen molar-refractivity contribution in [1.82, 2.24) is 5.16 Å². The average Bonchev–Trinajstić information content (AvgIpc) is 3.35. The Morgan fingerprint density at radius 1 is 0.857 bits per heavy atom. The number of benzene rings is 2. The highest BCUT2D eigenvalue weighted by atomic mass is 19.4. The van der Waals surface area contributed by atoms with Crippen molar-refractivity contribution in [2.75, 3.05) is 22.9 Å². The van der Waals surface area contributed by atoms with Crippen LogP contribution in [0, 0.1) is 25.7 Å². The van der Waals surface area contributed by atoms with Gasteiger partial charge in [-0.15, -0.1) is 0 Å². The second-order valence-electron chi connectivity index (χ2n) is 13.2. The zero-order valence-corrected chi connectivity index (χ0v) is 26.8. The van der Waals surface area contributed by atoms with Gasteiger partial charge in [-0.3, -0.25) is 4.79 Å². The highest BCUT2D eigenvalue weighted by Gasteiger charge is 2.40. The lowest BCUT2D eigenvalue weighted by molar-refractivity contribution is -0.143. The lowest BCUT2D eigenvalue weighted by atomic mass is 9.80. The summed E-state index contributed by atoms with van der Waals surface area (Å²) in [7, 11) is 0. The zero-order chi connectivity index (χ0) is 35.9. The second-order valence-corrected chi connectivity index (χ2v) is 13.2. The lowest BCUT2D eigenvalue weighted by Crippen LogP contribution is -2.33. The first kappa shape index (κ1) is 36.4. The molecular weight excluding hydrogens is 669 g/mol. The average molecular weight is 706 g/mol. The van der Waals surface area contributed by atoms with Gasteiger partial charge in [-0.05, 0) is 105 Å². The molecule has 1 aromatic heterocycles. The van der Waals surface area contributed by atoms with Gasteiger partial charge in [0.1, 0.15) is 0 Å². The van der Waals surface area contributed by atoms with Gasteiger partial charge in [0.05, 0.1) is 28.4 Å². The number of aliphatic carboxylic acids is 1. The van der Waals surface area contributed by atoms with Crippen molar-refractivity contribution in [2.24, 2.45) is 11.8 Å². The Kier molecular flexibility index (Phi) is 10.2.